The van der Waals surface area contributed by atoms with Gasteiger partial charge in [-0.1, -0.05) is 12.1 Å². The number of piperidine rings is 1. The molecule has 176 valence electrons. The molecule has 0 radical (unpaired) electrons. The molecular weight excluding hydrogens is 438 g/mol. The summed E-state index contributed by atoms with van der Waals surface area (Å²) in [6.07, 6.45) is 1.28. The largest absolute Gasteiger partial charge is 0.416 e. The van der Waals surface area contributed by atoms with Crippen LogP contribution in [0, 0.1) is 5.82 Å². The molecule has 1 saturated carbocycles. The van der Waals surface area contributed by atoms with Gasteiger partial charge in [0.2, 0.25) is 0 Å². The number of hydrogen-bond donors (Lipinski definition) is 2. The highest BCUT2D eigenvalue weighted by atomic mass is 19.4. The average Bonchev–Trinajstić information content (AvgIpc) is 3.57. The van der Waals surface area contributed by atoms with Gasteiger partial charge in [0.25, 0.3) is 0 Å². The number of aromatic nitrogens is 3. The third kappa shape index (κ3) is 4.54. The molecule has 0 spiro atoms. The van der Waals surface area contributed by atoms with E-state index >= 15 is 4.39 Å². The summed E-state index contributed by atoms with van der Waals surface area (Å²) in [5.74, 6) is -0.0489. The molecular formula is C23H25F4N5O. The maximum absolute atomic E-state index is 15.2. The predicted octanol–water partition coefficient (Wildman–Crippen LogP) is 3.87. The van der Waals surface area contributed by atoms with Crippen molar-refractivity contribution in [2.75, 3.05) is 18.0 Å². The normalized spacial score (nSPS) is 18.6. The monoisotopic (exact) mass is 463 g/mol. The molecule has 33 heavy (non-hydrogen) atoms. The summed E-state index contributed by atoms with van der Waals surface area (Å²) < 4.78 is 55.5. The molecule has 0 bridgehead atoms. The van der Waals surface area contributed by atoms with Gasteiger partial charge in [0, 0.05) is 18.8 Å². The van der Waals surface area contributed by atoms with Crippen LogP contribution in [0.3, 0.4) is 0 Å². The second kappa shape index (κ2) is 8.25. The molecule has 0 unspecified atom stereocenters. The third-order valence-corrected chi connectivity index (χ3v) is 6.48. The predicted molar refractivity (Wildman–Crippen MR) is 115 cm³/mol. The Balaban J connectivity index is 1.47. The Morgan fingerprint density at radius 3 is 2.45 bits per heavy atom. The molecule has 2 fully saturated rings. The Kier molecular flexibility index (Phi) is 5.52. The van der Waals surface area contributed by atoms with Crippen molar-refractivity contribution in [3.05, 3.63) is 53.7 Å². The molecule has 0 amide bonds. The van der Waals surface area contributed by atoms with Crippen molar-refractivity contribution in [1.29, 1.82) is 0 Å². The summed E-state index contributed by atoms with van der Waals surface area (Å²) in [4.78, 5) is 10.6. The number of hydrogen-bond acceptors (Lipinski definition) is 5. The first-order chi connectivity index (χ1) is 15.7. The zero-order chi connectivity index (χ0) is 23.2. The fourth-order valence-corrected chi connectivity index (χ4v) is 4.53. The minimum absolute atomic E-state index is 0.141. The van der Waals surface area contributed by atoms with Crippen molar-refractivity contribution in [1.82, 2.24) is 19.9 Å². The Morgan fingerprint density at radius 2 is 1.82 bits per heavy atom. The quantitative estimate of drug-likeness (QED) is 0.544. The molecule has 3 heterocycles. The zero-order valence-corrected chi connectivity index (χ0v) is 17.9. The van der Waals surface area contributed by atoms with Crippen LogP contribution in [0.4, 0.5) is 23.4 Å². The Labute approximate surface area is 188 Å². The molecule has 2 N–H and O–H groups in total. The number of aliphatic hydroxyl groups is 1. The highest BCUT2D eigenvalue weighted by Crippen LogP contribution is 2.37. The Bertz CT molecular complexity index is 1130. The maximum atomic E-state index is 15.2. The average molecular weight is 463 g/mol. The van der Waals surface area contributed by atoms with Gasteiger partial charge in [0.15, 0.2) is 5.82 Å². The lowest BCUT2D eigenvalue weighted by Gasteiger charge is -2.33. The topological polar surface area (TPSA) is 66.2 Å². The van der Waals surface area contributed by atoms with E-state index in [9.17, 15) is 18.3 Å². The van der Waals surface area contributed by atoms with Gasteiger partial charge in [-0.05, 0) is 56.5 Å². The SMILES string of the molecule is OC1(Cn2cc(F)c3c(N(Cc4ccc(C(F)(F)F)cc4)C4CC4)ncnc32)CCNCC1. The minimum Gasteiger partial charge on any atom is -0.388 e. The highest BCUT2D eigenvalue weighted by molar-refractivity contribution is 5.89. The Hall–Kier alpha value is -2.72. The van der Waals surface area contributed by atoms with Crippen molar-refractivity contribution in [3.8, 4) is 0 Å². The standard InChI is InChI=1S/C23H25F4N5O/c24-18-12-31(13-22(33)7-9-28-10-8-22)20-19(18)21(30-14-29-20)32(17-5-6-17)11-15-1-3-16(4-2-15)23(25,26)27/h1-4,12,14,17,28,33H,5-11,13H2. The van der Waals surface area contributed by atoms with Gasteiger partial charge in [-0.15, -0.1) is 0 Å². The molecule has 2 aromatic heterocycles. The van der Waals surface area contributed by atoms with E-state index in [1.54, 1.807) is 4.57 Å². The number of rotatable bonds is 6. The Morgan fingerprint density at radius 1 is 1.12 bits per heavy atom. The molecule has 0 atom stereocenters. The van der Waals surface area contributed by atoms with Crippen LogP contribution in [0.25, 0.3) is 11.0 Å². The molecule has 5 rings (SSSR count). The molecule has 1 aliphatic heterocycles. The fraction of sp³-hybridized carbons (Fsp3) is 0.478. The van der Waals surface area contributed by atoms with Gasteiger partial charge in [0.05, 0.1) is 23.1 Å². The first-order valence-corrected chi connectivity index (χ1v) is 11.1. The number of benzene rings is 1. The number of alkyl halides is 3. The van der Waals surface area contributed by atoms with Crippen LogP contribution < -0.4 is 10.2 Å². The highest BCUT2D eigenvalue weighted by Gasteiger charge is 2.35. The molecule has 1 saturated heterocycles. The molecule has 10 heteroatoms. The number of nitrogens with zero attached hydrogens (tertiary/aromatic N) is 4. The van der Waals surface area contributed by atoms with Gasteiger partial charge in [-0.3, -0.25) is 0 Å². The lowest BCUT2D eigenvalue weighted by Crippen LogP contribution is -2.44. The number of anilines is 1. The van der Waals surface area contributed by atoms with E-state index < -0.39 is 23.2 Å². The first-order valence-electron chi connectivity index (χ1n) is 11.1. The molecule has 1 aromatic carbocycles. The second-order valence-electron chi connectivity index (χ2n) is 9.03. The van der Waals surface area contributed by atoms with E-state index in [2.05, 4.69) is 15.3 Å². The number of fused-ring (bicyclic) bond motifs is 1. The number of nitrogens with one attached hydrogen (secondary N) is 1. The van der Waals surface area contributed by atoms with Crippen molar-refractivity contribution in [2.45, 2.75) is 56.6 Å². The third-order valence-electron chi connectivity index (χ3n) is 6.48. The van der Waals surface area contributed by atoms with E-state index in [1.807, 2.05) is 4.90 Å². The van der Waals surface area contributed by atoms with E-state index in [0.717, 1.165) is 25.0 Å². The molecule has 6 nitrogen and oxygen atoms in total. The van der Waals surface area contributed by atoms with Gasteiger partial charge in [-0.2, -0.15) is 13.2 Å². The van der Waals surface area contributed by atoms with Gasteiger partial charge < -0.3 is 19.9 Å². The van der Waals surface area contributed by atoms with Crippen molar-refractivity contribution >= 4 is 16.9 Å². The fourth-order valence-electron chi connectivity index (χ4n) is 4.53. The molecule has 3 aromatic rings. The van der Waals surface area contributed by atoms with Crippen LogP contribution in [-0.2, 0) is 19.3 Å². The summed E-state index contributed by atoms with van der Waals surface area (Å²) in [6, 6.07) is 5.16. The summed E-state index contributed by atoms with van der Waals surface area (Å²) in [5, 5.41) is 14.4. The molecule has 2 aliphatic rings. The van der Waals surface area contributed by atoms with Crippen LogP contribution >= 0.6 is 0 Å². The summed E-state index contributed by atoms with van der Waals surface area (Å²) in [5.41, 5.74) is -0.550. The first kappa shape index (κ1) is 22.1. The lowest BCUT2D eigenvalue weighted by atomic mass is 9.92. The second-order valence-corrected chi connectivity index (χ2v) is 9.03. The van der Waals surface area contributed by atoms with Crippen LogP contribution in [0.15, 0.2) is 36.8 Å². The van der Waals surface area contributed by atoms with Crippen LogP contribution in [0.2, 0.25) is 0 Å². The van der Waals surface area contributed by atoms with Crippen LogP contribution in [0.1, 0.15) is 36.8 Å². The summed E-state index contributed by atoms with van der Waals surface area (Å²) in [6.45, 7) is 1.94. The van der Waals surface area contributed by atoms with Gasteiger partial charge in [0.1, 0.15) is 17.8 Å². The van der Waals surface area contributed by atoms with Crippen LogP contribution in [-0.4, -0.2) is 44.4 Å². The summed E-state index contributed by atoms with van der Waals surface area (Å²) >= 11 is 0. The number of halogens is 4. The van der Waals surface area contributed by atoms with Crippen molar-refractivity contribution in [3.63, 3.8) is 0 Å². The van der Waals surface area contributed by atoms with E-state index in [0.29, 0.717) is 49.5 Å². The van der Waals surface area contributed by atoms with E-state index in [4.69, 9.17) is 0 Å². The van der Waals surface area contributed by atoms with E-state index in [-0.39, 0.29) is 18.0 Å². The zero-order valence-electron chi connectivity index (χ0n) is 17.9. The van der Waals surface area contributed by atoms with Crippen molar-refractivity contribution < 1.29 is 22.7 Å². The minimum atomic E-state index is -4.39. The summed E-state index contributed by atoms with van der Waals surface area (Å²) in [7, 11) is 0. The van der Waals surface area contributed by atoms with Crippen LogP contribution in [0.5, 0.6) is 0 Å². The van der Waals surface area contributed by atoms with Crippen molar-refractivity contribution in [2.24, 2.45) is 0 Å². The van der Waals surface area contributed by atoms with Gasteiger partial charge in [-0.25, -0.2) is 14.4 Å². The van der Waals surface area contributed by atoms with E-state index in [1.165, 1.54) is 24.7 Å². The molecule has 1 aliphatic carbocycles. The smallest absolute Gasteiger partial charge is 0.388 e. The lowest BCUT2D eigenvalue weighted by molar-refractivity contribution is -0.137. The maximum Gasteiger partial charge on any atom is 0.416 e. The van der Waals surface area contributed by atoms with Gasteiger partial charge >= 0.3 is 6.18 Å².